The average molecular weight is 626 g/mol. The Balaban J connectivity index is 1.52. The third-order valence-corrected chi connectivity index (χ3v) is 6.85. The summed E-state index contributed by atoms with van der Waals surface area (Å²) in [7, 11) is 0. The molecule has 0 radical (unpaired) electrons. The number of hydrogen-bond donors (Lipinski definition) is 0. The van der Waals surface area contributed by atoms with Crippen molar-refractivity contribution >= 4 is 5.97 Å². The number of alkyl halides is 3. The van der Waals surface area contributed by atoms with E-state index >= 15 is 0 Å². The number of halogens is 5. The van der Waals surface area contributed by atoms with Crippen LogP contribution in [-0.4, -0.2) is 43.9 Å². The Bertz CT molecular complexity index is 1760. The third kappa shape index (κ3) is 6.92. The van der Waals surface area contributed by atoms with E-state index in [-0.39, 0.29) is 58.6 Å². The molecule has 1 atom stereocenters. The minimum atomic E-state index is -4.67. The highest BCUT2D eigenvalue weighted by molar-refractivity contribution is 5.78. The number of carbonyl (C=O) groups is 1. The summed E-state index contributed by atoms with van der Waals surface area (Å²) in [6.45, 7) is 4.20. The fourth-order valence-corrected chi connectivity index (χ4v) is 4.59. The molecule has 0 fully saturated rings. The molecule has 1 unspecified atom stereocenters. The van der Waals surface area contributed by atoms with Gasteiger partial charge < -0.3 is 9.47 Å². The van der Waals surface area contributed by atoms with Crippen LogP contribution in [0, 0.1) is 11.6 Å². The summed E-state index contributed by atoms with van der Waals surface area (Å²) in [5.41, 5.74) is -0.392. The van der Waals surface area contributed by atoms with Gasteiger partial charge in [-0.1, -0.05) is 32.4 Å². The number of benzene rings is 2. The first-order valence-electron chi connectivity index (χ1n) is 14.2. The Labute approximate surface area is 255 Å². The summed E-state index contributed by atoms with van der Waals surface area (Å²) in [6.07, 6.45) is 1.36. The van der Waals surface area contributed by atoms with E-state index in [1.165, 1.54) is 59.7 Å². The van der Waals surface area contributed by atoms with Gasteiger partial charge in [-0.15, -0.1) is 0 Å². The number of aromatic nitrogens is 5. The molecular weight excluding hydrogens is 597 g/mol. The van der Waals surface area contributed by atoms with Crippen molar-refractivity contribution in [3.63, 3.8) is 0 Å². The molecule has 2 aliphatic heterocycles. The Kier molecular flexibility index (Phi) is 9.35. The Morgan fingerprint density at radius 1 is 0.911 bits per heavy atom. The van der Waals surface area contributed by atoms with Crippen LogP contribution in [0.1, 0.15) is 50.3 Å². The van der Waals surface area contributed by atoms with Crippen LogP contribution in [0.2, 0.25) is 0 Å². The van der Waals surface area contributed by atoms with E-state index in [1.807, 2.05) is 13.8 Å². The number of hydrogen-bond acceptors (Lipinski definition) is 7. The van der Waals surface area contributed by atoms with E-state index in [4.69, 9.17) is 9.47 Å². The van der Waals surface area contributed by atoms with Crippen molar-refractivity contribution in [1.29, 1.82) is 0 Å². The van der Waals surface area contributed by atoms with Crippen molar-refractivity contribution in [2.24, 2.45) is 0 Å². The number of esters is 1. The van der Waals surface area contributed by atoms with Gasteiger partial charge in [0.15, 0.2) is 23.5 Å². The molecule has 234 valence electrons. The van der Waals surface area contributed by atoms with Crippen molar-refractivity contribution in [3.8, 4) is 39.8 Å². The van der Waals surface area contributed by atoms with Gasteiger partial charge in [-0.05, 0) is 49.2 Å². The fraction of sp³-hybridized carbons (Fsp3) is 0.281. The first kappa shape index (κ1) is 31.5. The maximum atomic E-state index is 14.4. The molecule has 0 saturated heterocycles. The van der Waals surface area contributed by atoms with Gasteiger partial charge in [-0.3, -0.25) is 9.67 Å². The van der Waals surface area contributed by atoms with Gasteiger partial charge in [0, 0.05) is 17.3 Å². The van der Waals surface area contributed by atoms with Crippen LogP contribution in [0.4, 0.5) is 22.0 Å². The zero-order valence-corrected chi connectivity index (χ0v) is 24.3. The lowest BCUT2D eigenvalue weighted by atomic mass is 10.0. The highest BCUT2D eigenvalue weighted by Gasteiger charge is 2.35. The number of rotatable bonds is 11. The van der Waals surface area contributed by atoms with Crippen LogP contribution in [0.15, 0.2) is 67.1 Å². The number of imidazole rings is 1. The smallest absolute Gasteiger partial charge is 0.417 e. The molecule has 2 aliphatic rings. The molecule has 3 aromatic rings. The van der Waals surface area contributed by atoms with Gasteiger partial charge in [-0.25, -0.2) is 23.5 Å². The Morgan fingerprint density at radius 3 is 2.42 bits per heavy atom. The van der Waals surface area contributed by atoms with E-state index in [9.17, 15) is 26.7 Å². The minimum Gasteiger partial charge on any atom is -0.494 e. The predicted octanol–water partition coefficient (Wildman–Crippen LogP) is 7.53. The first-order chi connectivity index (χ1) is 21.6. The SMILES string of the molecule is CCCCOC(=O)C(c1ccc(-c2ccc(OCCC)cc2C(F)(F)F)nc1)n1cc2nc(-c3cccc(F)c3F)nc-2cn1. The fourth-order valence-electron chi connectivity index (χ4n) is 4.59. The Hall–Kier alpha value is -4.94. The van der Waals surface area contributed by atoms with Gasteiger partial charge >= 0.3 is 12.1 Å². The molecule has 0 amide bonds. The highest BCUT2D eigenvalue weighted by atomic mass is 19.4. The molecule has 2 aromatic carbocycles. The molecule has 3 heterocycles. The highest BCUT2D eigenvalue weighted by Crippen LogP contribution is 2.39. The molecule has 13 heteroatoms. The van der Waals surface area contributed by atoms with Gasteiger partial charge in [0.2, 0.25) is 0 Å². The second-order valence-corrected chi connectivity index (χ2v) is 10.1. The molecule has 0 aliphatic carbocycles. The van der Waals surface area contributed by atoms with Crippen LogP contribution < -0.4 is 4.74 Å². The van der Waals surface area contributed by atoms with Crippen LogP contribution in [-0.2, 0) is 15.7 Å². The van der Waals surface area contributed by atoms with E-state index in [1.54, 1.807) is 0 Å². The molecular formula is C32H28F5N5O3. The van der Waals surface area contributed by atoms with E-state index in [0.29, 0.717) is 12.8 Å². The lowest BCUT2D eigenvalue weighted by Gasteiger charge is -2.19. The summed E-state index contributed by atoms with van der Waals surface area (Å²) < 4.78 is 82.3. The normalized spacial score (nSPS) is 12.3. The van der Waals surface area contributed by atoms with Crippen molar-refractivity contribution in [2.75, 3.05) is 13.2 Å². The minimum absolute atomic E-state index is 0.0308. The molecule has 0 bridgehead atoms. The lowest BCUT2D eigenvalue weighted by molar-refractivity contribution is -0.146. The number of ether oxygens (including phenoxy) is 2. The van der Waals surface area contributed by atoms with Crippen molar-refractivity contribution in [1.82, 2.24) is 24.7 Å². The van der Waals surface area contributed by atoms with Crippen molar-refractivity contribution < 1.29 is 36.2 Å². The predicted molar refractivity (Wildman–Crippen MR) is 154 cm³/mol. The third-order valence-electron chi connectivity index (χ3n) is 6.85. The van der Waals surface area contributed by atoms with Crippen LogP contribution in [0.3, 0.4) is 0 Å². The second kappa shape index (κ2) is 13.4. The zero-order chi connectivity index (χ0) is 32.1. The maximum Gasteiger partial charge on any atom is 0.417 e. The molecule has 45 heavy (non-hydrogen) atoms. The summed E-state index contributed by atoms with van der Waals surface area (Å²) in [5, 5.41) is 4.30. The molecule has 0 spiro atoms. The molecule has 1 aromatic heterocycles. The van der Waals surface area contributed by atoms with E-state index < -0.39 is 35.4 Å². The zero-order valence-electron chi connectivity index (χ0n) is 24.3. The number of unbranched alkanes of at least 4 members (excludes halogenated alkanes) is 1. The molecule has 8 nitrogen and oxygen atoms in total. The average Bonchev–Trinajstić information content (AvgIpc) is 3.45. The number of carbonyl (C=O) groups excluding carboxylic acids is 1. The van der Waals surface area contributed by atoms with Crippen molar-refractivity contribution in [2.45, 2.75) is 45.3 Å². The standard InChI is InChI=1S/C32H28F5N5O3/c1-3-5-14-45-31(43)29(42-18-27-26(17-39-42)40-30(41-27)22-7-6-8-24(33)28(22)34)19-9-12-25(38-16-19)21-11-10-20(44-13-4-2)15-23(21)32(35,36)37/h6-12,15-18,29H,3-5,13-14H2,1-2H3. The maximum absolute atomic E-state index is 14.4. The number of nitrogens with zero attached hydrogens (tertiary/aromatic N) is 5. The summed E-state index contributed by atoms with van der Waals surface area (Å²) in [4.78, 5) is 26.1. The second-order valence-electron chi connectivity index (χ2n) is 10.1. The van der Waals surface area contributed by atoms with Gasteiger partial charge in [0.25, 0.3) is 0 Å². The first-order valence-corrected chi connectivity index (χ1v) is 14.2. The number of fused-ring (bicyclic) bond motifs is 1. The summed E-state index contributed by atoms with van der Waals surface area (Å²) >= 11 is 0. The van der Waals surface area contributed by atoms with E-state index in [2.05, 4.69) is 20.1 Å². The molecule has 0 saturated carbocycles. The summed E-state index contributed by atoms with van der Waals surface area (Å²) in [6, 6.07) is 8.99. The van der Waals surface area contributed by atoms with Crippen molar-refractivity contribution in [3.05, 3.63) is 89.9 Å². The topological polar surface area (TPSA) is 92.0 Å². The van der Waals surface area contributed by atoms with Crippen LogP contribution in [0.5, 0.6) is 5.75 Å². The number of pyridine rings is 1. The van der Waals surface area contributed by atoms with Gasteiger partial charge in [0.1, 0.15) is 17.1 Å². The monoisotopic (exact) mass is 625 g/mol. The quantitative estimate of drug-likeness (QED) is 0.0852. The Morgan fingerprint density at radius 2 is 1.71 bits per heavy atom. The summed E-state index contributed by atoms with van der Waals surface area (Å²) in [5.74, 6) is -2.81. The molecule has 0 N–H and O–H groups in total. The largest absolute Gasteiger partial charge is 0.494 e. The van der Waals surface area contributed by atoms with Gasteiger partial charge in [-0.2, -0.15) is 18.3 Å². The molecule has 5 rings (SSSR count). The van der Waals surface area contributed by atoms with E-state index in [0.717, 1.165) is 18.6 Å². The van der Waals surface area contributed by atoms with Crippen LogP contribution in [0.25, 0.3) is 34.0 Å². The van der Waals surface area contributed by atoms with Gasteiger partial charge in [0.05, 0.1) is 42.4 Å². The van der Waals surface area contributed by atoms with Crippen LogP contribution >= 0.6 is 0 Å². The lowest BCUT2D eigenvalue weighted by Crippen LogP contribution is -2.25.